The maximum absolute atomic E-state index is 13.2. The first kappa shape index (κ1) is 23.7. The van der Waals surface area contributed by atoms with E-state index in [2.05, 4.69) is 60.2 Å². The van der Waals surface area contributed by atoms with Crippen LogP contribution < -0.4 is 19.7 Å². The summed E-state index contributed by atoms with van der Waals surface area (Å²) in [6, 6.07) is 14.3. The van der Waals surface area contributed by atoms with E-state index in [9.17, 15) is 4.79 Å². The largest absolute Gasteiger partial charge is 0.454 e. The molecule has 8 heteroatoms. The Morgan fingerprint density at radius 2 is 1.70 bits per heavy atom. The molecule has 3 aromatic rings. The second-order valence-corrected chi connectivity index (χ2v) is 11.1. The summed E-state index contributed by atoms with van der Waals surface area (Å²) >= 11 is 0. The molecule has 0 spiro atoms. The van der Waals surface area contributed by atoms with Gasteiger partial charge in [-0.2, -0.15) is 4.98 Å². The summed E-state index contributed by atoms with van der Waals surface area (Å²) in [4.78, 5) is 27.7. The first-order valence-electron chi connectivity index (χ1n) is 13.0. The molecular formula is C29H33N5O3. The van der Waals surface area contributed by atoms with Crippen LogP contribution in [0.1, 0.15) is 47.4 Å². The Hall–Kier alpha value is -3.65. The fourth-order valence-electron chi connectivity index (χ4n) is 5.36. The maximum Gasteiger partial charge on any atom is 0.231 e. The minimum Gasteiger partial charge on any atom is -0.454 e. The molecule has 3 aliphatic rings. The lowest BCUT2D eigenvalue weighted by Crippen LogP contribution is -2.46. The van der Waals surface area contributed by atoms with Crippen LogP contribution in [0.2, 0.25) is 0 Å². The van der Waals surface area contributed by atoms with Crippen LogP contribution in [0.15, 0.2) is 42.5 Å². The van der Waals surface area contributed by atoms with Crippen molar-refractivity contribution >= 4 is 23.2 Å². The van der Waals surface area contributed by atoms with Crippen LogP contribution in [0.25, 0.3) is 0 Å². The molecule has 0 bridgehead atoms. The van der Waals surface area contributed by atoms with Gasteiger partial charge in [0.15, 0.2) is 17.3 Å². The lowest BCUT2D eigenvalue weighted by molar-refractivity contribution is 0.0911. The molecule has 0 unspecified atom stereocenters. The van der Waals surface area contributed by atoms with Crippen molar-refractivity contribution < 1.29 is 14.3 Å². The number of aromatic nitrogens is 2. The molecule has 2 aromatic carbocycles. The molecule has 1 N–H and O–H groups in total. The van der Waals surface area contributed by atoms with E-state index in [-0.39, 0.29) is 11.2 Å². The molecule has 0 radical (unpaired) electrons. The second-order valence-electron chi connectivity index (χ2n) is 11.1. The number of nitrogens with zero attached hydrogens (tertiary/aromatic N) is 4. The standard InChI is InChI=1S/C29H33N5O3/c1-19-4-7-21(8-5-19)30-27-26-22(15-29(2,3)16-23(26)35)31-28(32-27)34-12-10-33(11-13-34)17-20-6-9-24-25(14-20)37-18-36-24/h4-9,14H,10-13,15-18H2,1-3H3,(H,30,31,32). The number of piperazine rings is 1. The van der Waals surface area contributed by atoms with E-state index in [0.29, 0.717) is 30.5 Å². The van der Waals surface area contributed by atoms with E-state index in [1.165, 1.54) is 11.1 Å². The molecule has 1 saturated heterocycles. The smallest absolute Gasteiger partial charge is 0.231 e. The number of hydrogen-bond acceptors (Lipinski definition) is 8. The summed E-state index contributed by atoms with van der Waals surface area (Å²) < 4.78 is 11.0. The van der Waals surface area contributed by atoms with Gasteiger partial charge in [0, 0.05) is 44.8 Å². The minimum absolute atomic E-state index is 0.111. The monoisotopic (exact) mass is 499 g/mol. The topological polar surface area (TPSA) is 79.8 Å². The van der Waals surface area contributed by atoms with E-state index in [4.69, 9.17) is 19.4 Å². The molecule has 0 saturated carbocycles. The number of ketones is 1. The fraction of sp³-hybridized carbons (Fsp3) is 0.414. The highest BCUT2D eigenvalue weighted by molar-refractivity contribution is 6.03. The number of nitrogens with one attached hydrogen (secondary N) is 1. The predicted octanol–water partition coefficient (Wildman–Crippen LogP) is 4.73. The number of fused-ring (bicyclic) bond motifs is 2. The van der Waals surface area contributed by atoms with Gasteiger partial charge >= 0.3 is 0 Å². The minimum atomic E-state index is -0.111. The lowest BCUT2D eigenvalue weighted by atomic mass is 9.75. The third-order valence-corrected chi connectivity index (χ3v) is 7.35. The number of hydrogen-bond donors (Lipinski definition) is 1. The quantitative estimate of drug-likeness (QED) is 0.540. The van der Waals surface area contributed by atoms with Gasteiger partial charge in [-0.05, 0) is 48.6 Å². The van der Waals surface area contributed by atoms with Gasteiger partial charge in [-0.25, -0.2) is 4.98 Å². The van der Waals surface area contributed by atoms with Crippen molar-refractivity contribution in [2.24, 2.45) is 5.41 Å². The molecule has 3 heterocycles. The molecule has 192 valence electrons. The highest BCUT2D eigenvalue weighted by Gasteiger charge is 2.35. The first-order valence-corrected chi connectivity index (χ1v) is 13.0. The molecular weight excluding hydrogens is 466 g/mol. The number of ether oxygens (including phenoxy) is 2. The van der Waals surface area contributed by atoms with Gasteiger partial charge < -0.3 is 19.7 Å². The Balaban J connectivity index is 1.22. The Bertz CT molecular complexity index is 1330. The fourth-order valence-corrected chi connectivity index (χ4v) is 5.36. The predicted molar refractivity (Wildman–Crippen MR) is 143 cm³/mol. The summed E-state index contributed by atoms with van der Waals surface area (Å²) in [6.07, 6.45) is 1.26. The van der Waals surface area contributed by atoms with Crippen molar-refractivity contribution in [3.05, 3.63) is 64.8 Å². The SMILES string of the molecule is Cc1ccc(Nc2nc(N3CCN(Cc4ccc5c(c4)OCO5)CC3)nc3c2C(=O)CC(C)(C)C3)cc1. The summed E-state index contributed by atoms with van der Waals surface area (Å²) in [5.41, 5.74) is 4.71. The van der Waals surface area contributed by atoms with Gasteiger partial charge in [-0.3, -0.25) is 9.69 Å². The van der Waals surface area contributed by atoms with Gasteiger partial charge in [0.25, 0.3) is 0 Å². The van der Waals surface area contributed by atoms with Crippen molar-refractivity contribution in [1.29, 1.82) is 0 Å². The third kappa shape index (κ3) is 4.98. The zero-order chi connectivity index (χ0) is 25.6. The molecule has 1 aliphatic carbocycles. The van der Waals surface area contributed by atoms with Crippen molar-refractivity contribution in [2.75, 3.05) is 43.2 Å². The van der Waals surface area contributed by atoms with Crippen molar-refractivity contribution in [2.45, 2.75) is 40.2 Å². The molecule has 0 atom stereocenters. The van der Waals surface area contributed by atoms with E-state index in [1.54, 1.807) is 0 Å². The van der Waals surface area contributed by atoms with Crippen LogP contribution in [0.5, 0.6) is 11.5 Å². The number of anilines is 3. The van der Waals surface area contributed by atoms with E-state index < -0.39 is 0 Å². The average Bonchev–Trinajstić information content (AvgIpc) is 3.33. The van der Waals surface area contributed by atoms with Crippen molar-refractivity contribution in [3.8, 4) is 11.5 Å². The van der Waals surface area contributed by atoms with Gasteiger partial charge in [0.1, 0.15) is 5.82 Å². The van der Waals surface area contributed by atoms with Crippen LogP contribution in [-0.4, -0.2) is 53.6 Å². The zero-order valence-corrected chi connectivity index (χ0v) is 21.7. The van der Waals surface area contributed by atoms with Crippen LogP contribution in [-0.2, 0) is 13.0 Å². The van der Waals surface area contributed by atoms with Gasteiger partial charge in [0.05, 0.1) is 11.3 Å². The van der Waals surface area contributed by atoms with Crippen molar-refractivity contribution in [1.82, 2.24) is 14.9 Å². The highest BCUT2D eigenvalue weighted by Crippen LogP contribution is 2.38. The lowest BCUT2D eigenvalue weighted by Gasteiger charge is -2.36. The third-order valence-electron chi connectivity index (χ3n) is 7.35. The normalized spacial score (nSPS) is 18.6. The van der Waals surface area contributed by atoms with E-state index in [1.807, 2.05) is 18.2 Å². The number of aryl methyl sites for hydroxylation is 1. The molecule has 8 nitrogen and oxygen atoms in total. The summed E-state index contributed by atoms with van der Waals surface area (Å²) in [5, 5.41) is 3.43. The zero-order valence-electron chi connectivity index (χ0n) is 21.7. The molecule has 37 heavy (non-hydrogen) atoms. The first-order chi connectivity index (χ1) is 17.8. The average molecular weight is 500 g/mol. The van der Waals surface area contributed by atoms with Gasteiger partial charge in [-0.1, -0.05) is 37.6 Å². The van der Waals surface area contributed by atoms with Crippen LogP contribution in [0, 0.1) is 12.3 Å². The number of benzene rings is 2. The maximum atomic E-state index is 13.2. The number of carbonyl (C=O) groups excluding carboxylic acids is 1. The van der Waals surface area contributed by atoms with Gasteiger partial charge in [0.2, 0.25) is 12.7 Å². The van der Waals surface area contributed by atoms with Crippen molar-refractivity contribution in [3.63, 3.8) is 0 Å². The second kappa shape index (κ2) is 9.34. The molecule has 1 aromatic heterocycles. The van der Waals surface area contributed by atoms with E-state index >= 15 is 0 Å². The Kier molecular flexibility index (Phi) is 5.99. The number of rotatable bonds is 5. The highest BCUT2D eigenvalue weighted by atomic mass is 16.7. The number of carbonyl (C=O) groups is 1. The Morgan fingerprint density at radius 3 is 2.49 bits per heavy atom. The molecule has 1 fully saturated rings. The van der Waals surface area contributed by atoms with Crippen LogP contribution in [0.4, 0.5) is 17.5 Å². The molecule has 0 amide bonds. The summed E-state index contributed by atoms with van der Waals surface area (Å²) in [7, 11) is 0. The summed E-state index contributed by atoms with van der Waals surface area (Å²) in [5.74, 6) is 3.06. The molecule has 2 aliphatic heterocycles. The van der Waals surface area contributed by atoms with Crippen LogP contribution in [0.3, 0.4) is 0 Å². The Labute approximate surface area is 217 Å². The molecule has 6 rings (SSSR count). The Morgan fingerprint density at radius 1 is 0.946 bits per heavy atom. The van der Waals surface area contributed by atoms with Gasteiger partial charge in [-0.15, -0.1) is 0 Å². The van der Waals surface area contributed by atoms with Crippen LogP contribution >= 0.6 is 0 Å². The number of Topliss-reactive ketones (excluding diaryl/α,β-unsaturated/α-hetero) is 1. The summed E-state index contributed by atoms with van der Waals surface area (Å²) in [6.45, 7) is 10.9. The van der Waals surface area contributed by atoms with E-state index in [0.717, 1.165) is 62.0 Å².